The quantitative estimate of drug-likeness (QED) is 0.684. The molecule has 5 nitrogen and oxygen atoms in total. The fourth-order valence-electron chi connectivity index (χ4n) is 4.20. The van der Waals surface area contributed by atoms with Gasteiger partial charge in [-0.25, -0.2) is 4.39 Å². The molecule has 30 heavy (non-hydrogen) atoms. The van der Waals surface area contributed by atoms with Crippen molar-refractivity contribution in [2.45, 2.75) is 44.6 Å². The third-order valence-corrected chi connectivity index (χ3v) is 6.14. The molecule has 1 saturated heterocycles. The molecule has 3 aliphatic rings. The Kier molecular flexibility index (Phi) is 4.93. The number of nitrogens with zero attached hydrogens (tertiary/aromatic N) is 1. The Bertz CT molecular complexity index is 983. The number of benzene rings is 2. The molecule has 1 atom stereocenters. The Labute approximate surface area is 174 Å². The van der Waals surface area contributed by atoms with Gasteiger partial charge in [-0.05, 0) is 60.7 Å². The molecule has 2 aromatic rings. The van der Waals surface area contributed by atoms with Gasteiger partial charge in [-0.2, -0.15) is 0 Å². The first kappa shape index (κ1) is 19.1. The number of carbonyl (C=O) groups is 2. The maximum atomic E-state index is 14.4. The molecule has 6 heteroatoms. The second-order valence-electron chi connectivity index (χ2n) is 8.31. The van der Waals surface area contributed by atoms with E-state index in [0.29, 0.717) is 48.4 Å². The van der Waals surface area contributed by atoms with Crippen LogP contribution >= 0.6 is 0 Å². The zero-order chi connectivity index (χ0) is 20.7. The number of Topliss-reactive ketones (excluding diaryl/α,β-unsaturated/α-hetero) is 1. The number of anilines is 1. The van der Waals surface area contributed by atoms with E-state index < -0.39 is 11.9 Å². The highest BCUT2D eigenvalue weighted by atomic mass is 19.1. The van der Waals surface area contributed by atoms with Crippen LogP contribution in [0.2, 0.25) is 0 Å². The topological polar surface area (TPSA) is 55.8 Å². The molecule has 2 aliphatic carbocycles. The highest BCUT2D eigenvalue weighted by Gasteiger charge is 2.36. The summed E-state index contributed by atoms with van der Waals surface area (Å²) in [6.07, 6.45) is 4.37. The van der Waals surface area contributed by atoms with Crippen molar-refractivity contribution >= 4 is 17.4 Å². The highest BCUT2D eigenvalue weighted by Crippen LogP contribution is 2.33. The molecule has 0 spiro atoms. The fraction of sp³-hybridized carbons (Fsp3) is 0.417. The number of halogens is 1. The summed E-state index contributed by atoms with van der Waals surface area (Å²) in [6.45, 7) is 1.15. The molecule has 1 aliphatic heterocycles. The van der Waals surface area contributed by atoms with E-state index >= 15 is 0 Å². The minimum Gasteiger partial charge on any atom is -0.494 e. The summed E-state index contributed by atoms with van der Waals surface area (Å²) >= 11 is 0. The second-order valence-corrected chi connectivity index (χ2v) is 8.31. The smallest absolute Gasteiger partial charge is 0.268 e. The summed E-state index contributed by atoms with van der Waals surface area (Å²) in [4.78, 5) is 26.4. The average Bonchev–Trinajstić information content (AvgIpc) is 3.39. The molecular formula is C24H24FNO4. The monoisotopic (exact) mass is 409 g/mol. The van der Waals surface area contributed by atoms with Crippen LogP contribution in [0.25, 0.3) is 0 Å². The molecule has 1 amide bonds. The summed E-state index contributed by atoms with van der Waals surface area (Å²) in [5, 5.41) is 0. The largest absolute Gasteiger partial charge is 0.494 e. The van der Waals surface area contributed by atoms with Gasteiger partial charge in [-0.3, -0.25) is 9.59 Å². The predicted molar refractivity (Wildman–Crippen MR) is 110 cm³/mol. The summed E-state index contributed by atoms with van der Waals surface area (Å²) in [7, 11) is 0. The molecule has 156 valence electrons. The van der Waals surface area contributed by atoms with Gasteiger partial charge >= 0.3 is 0 Å². The van der Waals surface area contributed by atoms with Crippen LogP contribution < -0.4 is 14.4 Å². The lowest BCUT2D eigenvalue weighted by Gasteiger charge is -2.18. The van der Waals surface area contributed by atoms with Crippen LogP contribution in [0.1, 0.15) is 48.0 Å². The first-order valence-electron chi connectivity index (χ1n) is 10.6. The van der Waals surface area contributed by atoms with E-state index in [4.69, 9.17) is 9.47 Å². The zero-order valence-electron chi connectivity index (χ0n) is 16.7. The van der Waals surface area contributed by atoms with Crippen LogP contribution in [0.15, 0.2) is 36.4 Å². The van der Waals surface area contributed by atoms with E-state index in [2.05, 4.69) is 0 Å². The number of fused-ring (bicyclic) bond motifs is 1. The molecular weight excluding hydrogens is 385 g/mol. The van der Waals surface area contributed by atoms with Gasteiger partial charge < -0.3 is 14.4 Å². The maximum absolute atomic E-state index is 14.4. The number of rotatable bonds is 7. The highest BCUT2D eigenvalue weighted by molar-refractivity contribution is 6.04. The van der Waals surface area contributed by atoms with Crippen molar-refractivity contribution in [2.75, 3.05) is 18.1 Å². The lowest BCUT2D eigenvalue weighted by atomic mass is 10.1. The van der Waals surface area contributed by atoms with Crippen molar-refractivity contribution in [2.24, 2.45) is 5.92 Å². The molecule has 0 unspecified atom stereocenters. The molecule has 5 rings (SSSR count). The molecule has 0 bridgehead atoms. The first-order valence-corrected chi connectivity index (χ1v) is 10.6. The Morgan fingerprint density at radius 1 is 1.00 bits per heavy atom. The van der Waals surface area contributed by atoms with Crippen LogP contribution in [-0.4, -0.2) is 30.9 Å². The summed E-state index contributed by atoms with van der Waals surface area (Å²) in [5.74, 6) is 1.53. The van der Waals surface area contributed by atoms with Gasteiger partial charge in [-0.1, -0.05) is 12.8 Å². The molecule has 1 heterocycles. The van der Waals surface area contributed by atoms with E-state index in [0.717, 1.165) is 24.7 Å². The van der Waals surface area contributed by atoms with Gasteiger partial charge in [0.15, 0.2) is 11.9 Å². The van der Waals surface area contributed by atoms with Crippen LogP contribution in [-0.2, 0) is 11.2 Å². The first-order chi connectivity index (χ1) is 14.6. The van der Waals surface area contributed by atoms with Crippen molar-refractivity contribution in [3.63, 3.8) is 0 Å². The Balaban J connectivity index is 1.22. The van der Waals surface area contributed by atoms with Crippen LogP contribution in [0, 0.1) is 11.7 Å². The van der Waals surface area contributed by atoms with E-state index in [9.17, 15) is 14.0 Å². The normalized spacial score (nSPS) is 20.6. The van der Waals surface area contributed by atoms with Gasteiger partial charge in [0, 0.05) is 30.6 Å². The number of carbonyl (C=O) groups excluding carboxylic acids is 2. The van der Waals surface area contributed by atoms with Gasteiger partial charge in [0.25, 0.3) is 5.91 Å². The number of amides is 1. The fourth-order valence-corrected chi connectivity index (χ4v) is 4.20. The van der Waals surface area contributed by atoms with Crippen LogP contribution in [0.3, 0.4) is 0 Å². The van der Waals surface area contributed by atoms with Crippen molar-refractivity contribution in [1.29, 1.82) is 0 Å². The van der Waals surface area contributed by atoms with Crippen LogP contribution in [0.4, 0.5) is 10.1 Å². The average molecular weight is 409 g/mol. The van der Waals surface area contributed by atoms with Gasteiger partial charge in [-0.15, -0.1) is 0 Å². The molecule has 2 aromatic carbocycles. The van der Waals surface area contributed by atoms with E-state index in [1.54, 1.807) is 18.2 Å². The van der Waals surface area contributed by atoms with E-state index in [1.807, 2.05) is 12.1 Å². The minimum atomic E-state index is -0.626. The number of ether oxygens (including phenoxy) is 2. The lowest BCUT2D eigenvalue weighted by Crippen LogP contribution is -2.32. The molecule has 2 fully saturated rings. The maximum Gasteiger partial charge on any atom is 0.268 e. The predicted octanol–water partition coefficient (Wildman–Crippen LogP) is 4.32. The molecule has 0 radical (unpaired) electrons. The minimum absolute atomic E-state index is 0.0652. The molecule has 1 saturated carbocycles. The van der Waals surface area contributed by atoms with Gasteiger partial charge in [0.1, 0.15) is 17.3 Å². The van der Waals surface area contributed by atoms with Gasteiger partial charge in [0.2, 0.25) is 0 Å². The van der Waals surface area contributed by atoms with Crippen molar-refractivity contribution < 1.29 is 23.5 Å². The Hall–Kier alpha value is -2.89. The third kappa shape index (κ3) is 3.78. The number of hydrogen-bond donors (Lipinski definition) is 0. The summed E-state index contributed by atoms with van der Waals surface area (Å²) in [6, 6.07) is 10.3. The third-order valence-electron chi connectivity index (χ3n) is 6.14. The Morgan fingerprint density at radius 3 is 2.53 bits per heavy atom. The van der Waals surface area contributed by atoms with Crippen molar-refractivity contribution in [3.8, 4) is 11.5 Å². The lowest BCUT2D eigenvalue weighted by molar-refractivity contribution is -0.122. The van der Waals surface area contributed by atoms with Crippen LogP contribution in [0.5, 0.6) is 11.5 Å². The summed E-state index contributed by atoms with van der Waals surface area (Å²) < 4.78 is 26.0. The van der Waals surface area contributed by atoms with E-state index in [1.165, 1.54) is 23.8 Å². The van der Waals surface area contributed by atoms with Gasteiger partial charge in [0.05, 0.1) is 6.61 Å². The van der Waals surface area contributed by atoms with Crippen molar-refractivity contribution in [3.05, 3.63) is 53.3 Å². The summed E-state index contributed by atoms with van der Waals surface area (Å²) in [5.41, 5.74) is 1.29. The van der Waals surface area contributed by atoms with E-state index in [-0.39, 0.29) is 11.7 Å². The second kappa shape index (κ2) is 7.74. The Morgan fingerprint density at radius 2 is 1.77 bits per heavy atom. The number of ketones is 1. The SMILES string of the molecule is O=C1CCc2c(F)cc(N3CC[C@@H](Oc4ccc(OCCC5CC5)cc4)C3=O)cc21. The number of hydrogen-bond acceptors (Lipinski definition) is 4. The molecule has 0 N–H and O–H groups in total. The standard InChI is InChI=1S/C24H24FNO4/c25-21-14-16(13-20-19(21)7-8-22(20)27)26-11-9-23(24(26)28)30-18-5-3-17(4-6-18)29-12-10-15-1-2-15/h3-6,13-15,23H,1-2,7-12H2/t23-/m1/s1. The van der Waals surface area contributed by atoms with Crippen molar-refractivity contribution in [1.82, 2.24) is 0 Å². The molecule has 0 aromatic heterocycles. The zero-order valence-corrected chi connectivity index (χ0v) is 16.7.